The van der Waals surface area contributed by atoms with Gasteiger partial charge in [0.25, 0.3) is 0 Å². The highest BCUT2D eigenvalue weighted by atomic mass is 35.5. The molecule has 0 aliphatic carbocycles. The number of carbonyl (C=O) groups is 1. The van der Waals surface area contributed by atoms with Crippen LogP contribution in [0.2, 0.25) is 5.15 Å². The monoisotopic (exact) mass is 391 g/mol. The molecule has 27 heavy (non-hydrogen) atoms. The molecule has 144 valence electrons. The summed E-state index contributed by atoms with van der Waals surface area (Å²) in [6.07, 6.45) is 3.07. The number of ketones is 1. The van der Waals surface area contributed by atoms with Crippen molar-refractivity contribution in [3.63, 3.8) is 0 Å². The Labute approximate surface area is 163 Å². The molecule has 1 aliphatic heterocycles. The van der Waals surface area contributed by atoms with Gasteiger partial charge in [0.05, 0.1) is 24.6 Å². The summed E-state index contributed by atoms with van der Waals surface area (Å²) in [6.45, 7) is 6.46. The summed E-state index contributed by atoms with van der Waals surface area (Å²) in [4.78, 5) is 14.4. The molecular formula is C20H23ClFN3O2. The molecule has 0 unspecified atom stereocenters. The summed E-state index contributed by atoms with van der Waals surface area (Å²) in [5.74, 6) is -0.515. The van der Waals surface area contributed by atoms with Crippen molar-refractivity contribution >= 4 is 29.1 Å². The number of carbonyl (C=O) groups excluding carboxylic acids is 1. The van der Waals surface area contributed by atoms with Crippen molar-refractivity contribution < 1.29 is 13.9 Å². The normalized spacial score (nSPS) is 15.1. The van der Waals surface area contributed by atoms with Gasteiger partial charge < -0.3 is 9.64 Å². The van der Waals surface area contributed by atoms with Crippen LogP contribution in [0.4, 0.5) is 10.1 Å². The quantitative estimate of drug-likeness (QED) is 0.569. The first-order valence-corrected chi connectivity index (χ1v) is 9.33. The molecule has 1 aromatic heterocycles. The Morgan fingerprint density at radius 2 is 2.04 bits per heavy atom. The lowest BCUT2D eigenvalue weighted by Crippen LogP contribution is -2.36. The second kappa shape index (κ2) is 8.23. The molecule has 1 fully saturated rings. The van der Waals surface area contributed by atoms with Gasteiger partial charge in [-0.25, -0.2) is 4.39 Å². The molecule has 7 heteroatoms. The number of rotatable bonds is 5. The maximum absolute atomic E-state index is 14.5. The SMILES string of the molecule is CC(C)c1nn(C)c(Cl)c1C=CC(=O)c1ccc(N2CCOCC2)c(F)c1. The van der Waals surface area contributed by atoms with Gasteiger partial charge in [0.15, 0.2) is 5.78 Å². The number of anilines is 1. The Balaban J connectivity index is 1.81. The molecule has 0 amide bonds. The largest absolute Gasteiger partial charge is 0.378 e. The van der Waals surface area contributed by atoms with Crippen LogP contribution in [0.15, 0.2) is 24.3 Å². The highest BCUT2D eigenvalue weighted by molar-refractivity contribution is 6.31. The van der Waals surface area contributed by atoms with Crippen LogP contribution >= 0.6 is 11.6 Å². The van der Waals surface area contributed by atoms with Crippen LogP contribution in [0.5, 0.6) is 0 Å². The lowest BCUT2D eigenvalue weighted by molar-refractivity contribution is 0.104. The van der Waals surface area contributed by atoms with Crippen molar-refractivity contribution in [3.8, 4) is 0 Å². The van der Waals surface area contributed by atoms with E-state index in [-0.39, 0.29) is 11.7 Å². The first-order valence-electron chi connectivity index (χ1n) is 8.95. The van der Waals surface area contributed by atoms with Gasteiger partial charge in [-0.15, -0.1) is 0 Å². The zero-order valence-electron chi connectivity index (χ0n) is 15.7. The smallest absolute Gasteiger partial charge is 0.185 e. The van der Waals surface area contributed by atoms with Crippen LogP contribution in [-0.4, -0.2) is 41.9 Å². The van der Waals surface area contributed by atoms with E-state index in [1.54, 1.807) is 29.9 Å². The van der Waals surface area contributed by atoms with Gasteiger partial charge in [0, 0.05) is 31.3 Å². The van der Waals surface area contributed by atoms with Gasteiger partial charge in [-0.1, -0.05) is 25.4 Å². The maximum Gasteiger partial charge on any atom is 0.185 e. The number of hydrogen-bond acceptors (Lipinski definition) is 4. The molecule has 5 nitrogen and oxygen atoms in total. The average molecular weight is 392 g/mol. The van der Waals surface area contributed by atoms with Gasteiger partial charge in [-0.05, 0) is 36.3 Å². The van der Waals surface area contributed by atoms with Gasteiger partial charge in [0.1, 0.15) is 11.0 Å². The first kappa shape index (κ1) is 19.6. The molecule has 0 bridgehead atoms. The number of benzene rings is 1. The van der Waals surface area contributed by atoms with Gasteiger partial charge in [-0.3, -0.25) is 9.48 Å². The highest BCUT2D eigenvalue weighted by Crippen LogP contribution is 2.27. The van der Waals surface area contributed by atoms with Crippen molar-refractivity contribution in [2.24, 2.45) is 7.05 Å². The Kier molecular flexibility index (Phi) is 5.97. The van der Waals surface area contributed by atoms with E-state index in [2.05, 4.69) is 5.10 Å². The van der Waals surface area contributed by atoms with E-state index in [9.17, 15) is 9.18 Å². The van der Waals surface area contributed by atoms with E-state index in [1.807, 2.05) is 18.7 Å². The number of halogens is 2. The minimum atomic E-state index is -0.404. The third-order valence-electron chi connectivity index (χ3n) is 4.57. The maximum atomic E-state index is 14.5. The van der Waals surface area contributed by atoms with Gasteiger partial charge in [-0.2, -0.15) is 5.10 Å². The van der Waals surface area contributed by atoms with E-state index in [0.717, 1.165) is 5.69 Å². The molecule has 1 aromatic carbocycles. The topological polar surface area (TPSA) is 47.4 Å². The third kappa shape index (κ3) is 4.22. The predicted octanol–water partition coefficient (Wildman–Crippen LogP) is 4.07. The number of morpholine rings is 1. The molecule has 1 aliphatic rings. The van der Waals surface area contributed by atoms with Crippen LogP contribution in [0, 0.1) is 5.82 Å². The third-order valence-corrected chi connectivity index (χ3v) is 5.02. The fraction of sp³-hybridized carbons (Fsp3) is 0.400. The Bertz CT molecular complexity index is 870. The second-order valence-corrected chi connectivity index (χ2v) is 7.19. The zero-order valence-corrected chi connectivity index (χ0v) is 16.5. The zero-order chi connectivity index (χ0) is 19.6. The minimum Gasteiger partial charge on any atom is -0.378 e. The summed E-state index contributed by atoms with van der Waals surface area (Å²) < 4.78 is 21.4. The molecule has 2 aromatic rings. The highest BCUT2D eigenvalue weighted by Gasteiger charge is 2.18. The number of ether oxygens (including phenoxy) is 1. The van der Waals surface area contributed by atoms with Crippen molar-refractivity contribution in [2.45, 2.75) is 19.8 Å². The Hall–Kier alpha value is -2.18. The summed E-state index contributed by atoms with van der Waals surface area (Å²) in [5.41, 5.74) is 2.33. The van der Waals surface area contributed by atoms with E-state index in [0.29, 0.717) is 48.3 Å². The summed E-state index contributed by atoms with van der Waals surface area (Å²) in [7, 11) is 1.76. The molecule has 2 heterocycles. The van der Waals surface area contributed by atoms with Gasteiger partial charge >= 0.3 is 0 Å². The summed E-state index contributed by atoms with van der Waals surface area (Å²) in [6, 6.07) is 4.58. The van der Waals surface area contributed by atoms with E-state index >= 15 is 0 Å². The molecular weight excluding hydrogens is 369 g/mol. The van der Waals surface area contributed by atoms with E-state index < -0.39 is 5.82 Å². The van der Waals surface area contributed by atoms with Crippen molar-refractivity contribution in [2.75, 3.05) is 31.2 Å². The molecule has 0 N–H and O–H groups in total. The standard InChI is InChI=1S/C20H23ClFN3O2/c1-13(2)19-15(20(21)24(3)23-19)5-7-18(26)14-4-6-17(16(22)12-14)25-8-10-27-11-9-25/h4-7,12-13H,8-11H2,1-3H3. The Morgan fingerprint density at radius 3 is 2.67 bits per heavy atom. The molecule has 0 spiro atoms. The van der Waals surface area contributed by atoms with Crippen LogP contribution in [0.25, 0.3) is 6.08 Å². The van der Waals surface area contributed by atoms with Crippen molar-refractivity contribution in [3.05, 3.63) is 52.1 Å². The summed E-state index contributed by atoms with van der Waals surface area (Å²) in [5, 5.41) is 4.85. The lowest BCUT2D eigenvalue weighted by Gasteiger charge is -2.29. The van der Waals surface area contributed by atoms with Gasteiger partial charge in [0.2, 0.25) is 0 Å². The van der Waals surface area contributed by atoms with Crippen LogP contribution in [-0.2, 0) is 11.8 Å². The molecule has 0 atom stereocenters. The fourth-order valence-electron chi connectivity index (χ4n) is 3.10. The van der Waals surface area contributed by atoms with E-state index in [1.165, 1.54) is 12.1 Å². The molecule has 0 saturated carbocycles. The lowest BCUT2D eigenvalue weighted by atomic mass is 10.0. The summed E-state index contributed by atoms with van der Waals surface area (Å²) >= 11 is 6.28. The molecule has 1 saturated heterocycles. The van der Waals surface area contributed by atoms with Crippen molar-refractivity contribution in [1.82, 2.24) is 9.78 Å². The Morgan fingerprint density at radius 1 is 1.33 bits per heavy atom. The van der Waals surface area contributed by atoms with E-state index in [4.69, 9.17) is 16.3 Å². The molecule has 3 rings (SSSR count). The number of allylic oxidation sites excluding steroid dienone is 1. The second-order valence-electron chi connectivity index (χ2n) is 6.83. The van der Waals surface area contributed by atoms with Crippen LogP contribution in [0.3, 0.4) is 0 Å². The number of nitrogens with zero attached hydrogens (tertiary/aromatic N) is 3. The van der Waals surface area contributed by atoms with Crippen LogP contribution < -0.4 is 4.90 Å². The first-order chi connectivity index (χ1) is 12.9. The minimum absolute atomic E-state index is 0.170. The number of aryl methyl sites for hydroxylation is 1. The van der Waals surface area contributed by atoms with Crippen molar-refractivity contribution in [1.29, 1.82) is 0 Å². The predicted molar refractivity (Wildman–Crippen MR) is 105 cm³/mol. The molecule has 0 radical (unpaired) electrons. The fourth-order valence-corrected chi connectivity index (χ4v) is 3.29. The average Bonchev–Trinajstić information content (AvgIpc) is 2.95. The number of aromatic nitrogens is 2. The number of hydrogen-bond donors (Lipinski definition) is 0. The van der Waals surface area contributed by atoms with Crippen LogP contribution in [0.1, 0.15) is 41.4 Å².